The number of rotatable bonds is 30. The van der Waals surface area contributed by atoms with E-state index in [1.807, 2.05) is 97.7 Å². The molecule has 0 bridgehead atoms. The molecule has 5 aliphatic rings. The summed E-state index contributed by atoms with van der Waals surface area (Å²) in [5.41, 5.74) is 10.7. The molecular formula is C67H82N6O11S3. The molecule has 0 saturated carbocycles. The van der Waals surface area contributed by atoms with Crippen molar-refractivity contribution in [3.05, 3.63) is 130 Å². The fourth-order valence-corrected chi connectivity index (χ4v) is 15.7. The molecule has 1 saturated heterocycles. The number of carbonyl (C=O) groups excluding carboxylic acids is 5. The summed E-state index contributed by atoms with van der Waals surface area (Å²) in [4.78, 5) is 78.8. The van der Waals surface area contributed by atoms with Crippen LogP contribution in [0.3, 0.4) is 0 Å². The maximum atomic E-state index is 14.5. The van der Waals surface area contributed by atoms with E-state index in [4.69, 9.17) is 28.4 Å². The number of ether oxygens (including phenoxy) is 6. The van der Waals surface area contributed by atoms with Crippen LogP contribution in [0, 0.1) is 6.92 Å². The van der Waals surface area contributed by atoms with Crippen LogP contribution in [-0.4, -0.2) is 162 Å². The number of fused-ring (bicyclic) bond motifs is 8. The molecule has 464 valence electrons. The van der Waals surface area contributed by atoms with Crippen LogP contribution in [0.4, 0.5) is 28.4 Å². The molecule has 17 nitrogen and oxygen atoms in total. The topological polar surface area (TPSA) is 160 Å². The van der Waals surface area contributed by atoms with E-state index in [0.717, 1.165) is 70.1 Å². The molecule has 1 fully saturated rings. The number of hydrogen-bond donors (Lipinski definition) is 0. The molecule has 3 atom stereocenters. The van der Waals surface area contributed by atoms with Gasteiger partial charge in [0.25, 0.3) is 11.8 Å². The smallest absolute Gasteiger partial charge is 0.260 e. The third kappa shape index (κ3) is 14.9. The molecule has 1 unspecified atom stereocenters. The number of likely N-dealkylation sites (tertiary alicyclic amines) is 1. The number of amides is 4. The Labute approximate surface area is 524 Å². The number of para-hydroxylation sites is 2. The first-order valence-electron chi connectivity index (χ1n) is 30.1. The number of nitrogens with zero attached hydrogens (tertiary/aromatic N) is 6. The molecule has 10 rings (SSSR count). The fraction of sp³-hybridized carbons (Fsp3) is 0.478. The van der Waals surface area contributed by atoms with Crippen LogP contribution in [0.25, 0.3) is 0 Å². The number of anilines is 5. The van der Waals surface area contributed by atoms with Gasteiger partial charge in [0.2, 0.25) is 11.8 Å². The minimum atomic E-state index is -0.318. The van der Waals surface area contributed by atoms with Crippen molar-refractivity contribution in [2.24, 2.45) is 0 Å². The van der Waals surface area contributed by atoms with E-state index in [1.165, 1.54) is 27.8 Å². The highest BCUT2D eigenvalue weighted by Gasteiger charge is 2.42. The van der Waals surface area contributed by atoms with Crippen molar-refractivity contribution < 1.29 is 52.4 Å². The Balaban J connectivity index is 0.886. The molecule has 5 aromatic carbocycles. The van der Waals surface area contributed by atoms with Crippen LogP contribution >= 0.6 is 33.3 Å². The van der Waals surface area contributed by atoms with E-state index >= 15 is 0 Å². The third-order valence-corrected chi connectivity index (χ3v) is 21.1. The van der Waals surface area contributed by atoms with Gasteiger partial charge in [-0.1, -0.05) is 58.0 Å². The lowest BCUT2D eigenvalue weighted by molar-refractivity contribution is -0.138. The van der Waals surface area contributed by atoms with Crippen LogP contribution in [-0.2, 0) is 54.6 Å². The molecule has 0 aromatic heterocycles. The minimum absolute atomic E-state index is 0.00637. The lowest BCUT2D eigenvalue weighted by Gasteiger charge is -2.34. The number of aryl methyl sites for hydroxylation is 1. The molecule has 87 heavy (non-hydrogen) atoms. The van der Waals surface area contributed by atoms with Gasteiger partial charge in [0.15, 0.2) is 11.5 Å². The van der Waals surface area contributed by atoms with Gasteiger partial charge in [-0.2, -0.15) is 11.8 Å². The van der Waals surface area contributed by atoms with Crippen molar-refractivity contribution in [1.82, 2.24) is 4.90 Å². The van der Waals surface area contributed by atoms with Crippen LogP contribution < -0.4 is 38.7 Å². The van der Waals surface area contributed by atoms with Crippen LogP contribution in [0.5, 0.6) is 17.2 Å². The van der Waals surface area contributed by atoms with Gasteiger partial charge in [0.05, 0.1) is 80.0 Å². The molecule has 4 amide bonds. The standard InChI is InChI=1S/C67H82N6O11S3/c1-44-29-53-57(68(4)39-50-33-47-15-9-11-19-55(47)72(50)64(53)76)36-59(44)83-41-45-30-46(42-84-61-37-58-54(35-60(61)80-7)65(77)73-51(40-69(58)5)34-48-16-10-12-20-56(48)73)32-49(31-45)70(22-23-81-26-27-82-25-24-79-6)43-67(2,3)87-86-28-14-18-52(74)17-13-21-71-63(75)38-62(85-8)66(71)78/h9-12,15-16,19-20,29-32,35-37,50-51,62H,13-14,17-18,21-28,33-34,38-43H2,1-8H3/t50-,51-,62?/m0/s1. The van der Waals surface area contributed by atoms with Gasteiger partial charge in [0, 0.05) is 113 Å². The van der Waals surface area contributed by atoms with Crippen molar-refractivity contribution in [3.8, 4) is 17.2 Å². The molecule has 0 aliphatic carbocycles. The zero-order valence-corrected chi connectivity index (χ0v) is 53.9. The van der Waals surface area contributed by atoms with Gasteiger partial charge in [-0.05, 0) is 123 Å². The molecule has 0 N–H and O–H groups in total. The molecule has 5 heterocycles. The first kappa shape index (κ1) is 63.6. The summed E-state index contributed by atoms with van der Waals surface area (Å²) in [6.45, 7) is 12.0. The largest absolute Gasteiger partial charge is 0.493 e. The van der Waals surface area contributed by atoms with E-state index in [9.17, 15) is 24.0 Å². The van der Waals surface area contributed by atoms with Gasteiger partial charge in [-0.15, -0.1) is 0 Å². The highest BCUT2D eigenvalue weighted by molar-refractivity contribution is 8.77. The van der Waals surface area contributed by atoms with Crippen molar-refractivity contribution in [1.29, 1.82) is 0 Å². The third-order valence-electron chi connectivity index (χ3n) is 16.8. The highest BCUT2D eigenvalue weighted by Crippen LogP contribution is 2.44. The summed E-state index contributed by atoms with van der Waals surface area (Å²) in [7, 11) is 10.9. The van der Waals surface area contributed by atoms with Gasteiger partial charge in [-0.25, -0.2) is 0 Å². The van der Waals surface area contributed by atoms with Gasteiger partial charge in [-0.3, -0.25) is 28.9 Å². The number of thioether (sulfide) groups is 1. The van der Waals surface area contributed by atoms with Gasteiger partial charge >= 0.3 is 0 Å². The number of ketones is 1. The fourth-order valence-electron chi connectivity index (χ4n) is 12.5. The van der Waals surface area contributed by atoms with E-state index in [2.05, 4.69) is 58.9 Å². The average molecular weight is 1240 g/mol. The first-order valence-corrected chi connectivity index (χ1v) is 33.7. The van der Waals surface area contributed by atoms with Crippen molar-refractivity contribution in [2.75, 3.05) is 131 Å². The Bertz CT molecular complexity index is 3330. The van der Waals surface area contributed by atoms with Gasteiger partial charge in [0.1, 0.15) is 24.7 Å². The summed E-state index contributed by atoms with van der Waals surface area (Å²) in [6.07, 6.45) is 5.63. The molecule has 20 heteroatoms. The average Bonchev–Trinajstić information content (AvgIpc) is 1.70. The number of hydrogen-bond acceptors (Lipinski definition) is 17. The first-order chi connectivity index (χ1) is 42.0. The van der Waals surface area contributed by atoms with Crippen LogP contribution in [0.15, 0.2) is 91.0 Å². The van der Waals surface area contributed by atoms with Crippen molar-refractivity contribution in [2.45, 2.75) is 101 Å². The van der Waals surface area contributed by atoms with E-state index in [0.29, 0.717) is 113 Å². The predicted molar refractivity (Wildman–Crippen MR) is 349 cm³/mol. The molecule has 0 spiro atoms. The quantitative estimate of drug-likeness (QED) is 0.0242. The Morgan fingerprint density at radius 1 is 0.667 bits per heavy atom. The number of Topliss-reactive ketones (excluding diaryl/α,β-unsaturated/α-hetero) is 1. The zero-order chi connectivity index (χ0) is 61.4. The number of methoxy groups -OCH3 is 2. The van der Waals surface area contributed by atoms with Gasteiger partial charge < -0.3 is 52.9 Å². The molecular weight excluding hydrogens is 1160 g/mol. The van der Waals surface area contributed by atoms with Crippen LogP contribution in [0.2, 0.25) is 0 Å². The number of carbonyl (C=O) groups is 5. The predicted octanol–water partition coefficient (Wildman–Crippen LogP) is 10.5. The number of likely N-dealkylation sites (N-methyl/N-ethyl adjacent to an activating group) is 2. The minimum Gasteiger partial charge on any atom is -0.493 e. The van der Waals surface area contributed by atoms with E-state index < -0.39 is 0 Å². The summed E-state index contributed by atoms with van der Waals surface area (Å²) in [5, 5.41) is -0.318. The maximum absolute atomic E-state index is 14.5. The Morgan fingerprint density at radius 3 is 1.85 bits per heavy atom. The molecule has 5 aliphatic heterocycles. The second kappa shape index (κ2) is 28.8. The number of benzene rings is 5. The SMILES string of the molecule is COCCOCCOCCN(CC(C)(C)SSCCCC(=O)CCCN1C(=O)CC(SC)C1=O)c1cc(COc2cc3c(cc2C)C(=O)N2c4ccccc4C[C@H]2CN3C)cc(COc2cc3c(cc2OC)C(=O)N2c4ccccc4C[C@H]2CN3C)c1. The maximum Gasteiger partial charge on any atom is 0.260 e. The van der Waals surface area contributed by atoms with Crippen molar-refractivity contribution >= 4 is 91.2 Å². The highest BCUT2D eigenvalue weighted by atomic mass is 33.1. The summed E-state index contributed by atoms with van der Waals surface area (Å²) in [6, 6.07) is 30.5. The summed E-state index contributed by atoms with van der Waals surface area (Å²) >= 11 is 1.40. The van der Waals surface area contributed by atoms with Crippen LogP contribution in [0.1, 0.15) is 94.5 Å². The normalized spacial score (nSPS) is 17.8. The second-order valence-electron chi connectivity index (χ2n) is 23.7. The zero-order valence-electron chi connectivity index (χ0n) is 51.4. The monoisotopic (exact) mass is 1240 g/mol. The Kier molecular flexibility index (Phi) is 21.1. The van der Waals surface area contributed by atoms with Crippen molar-refractivity contribution in [3.63, 3.8) is 0 Å². The van der Waals surface area contributed by atoms with E-state index in [-0.39, 0.29) is 71.1 Å². The molecule has 5 aromatic rings. The Morgan fingerprint density at radius 2 is 1.24 bits per heavy atom. The number of imide groups is 1. The lowest BCUT2D eigenvalue weighted by atomic mass is 10.1. The summed E-state index contributed by atoms with van der Waals surface area (Å²) in [5.74, 6) is 2.20. The summed E-state index contributed by atoms with van der Waals surface area (Å²) < 4.78 is 36.4. The molecule has 0 radical (unpaired) electrons. The Hall–Kier alpha value is -6.42. The van der Waals surface area contributed by atoms with E-state index in [1.54, 1.807) is 35.8 Å². The second-order valence-corrected chi connectivity index (χ2v) is 27.9. The lowest BCUT2D eigenvalue weighted by Crippen LogP contribution is -2.41.